The van der Waals surface area contributed by atoms with Crippen molar-refractivity contribution in [3.05, 3.63) is 29.6 Å². The molecule has 2 N–H and O–H groups in total. The van der Waals surface area contributed by atoms with Crippen molar-refractivity contribution in [1.29, 1.82) is 0 Å². The quantitative estimate of drug-likeness (QED) is 0.880. The number of hydrogen-bond donors (Lipinski definition) is 1. The van der Waals surface area contributed by atoms with E-state index in [2.05, 4.69) is 17.0 Å². The highest BCUT2D eigenvalue weighted by atomic mass is 15.3. The van der Waals surface area contributed by atoms with Gasteiger partial charge in [-0.25, -0.2) is 0 Å². The van der Waals surface area contributed by atoms with E-state index in [1.54, 1.807) is 10.9 Å². The predicted octanol–water partition coefficient (Wildman–Crippen LogP) is 2.33. The van der Waals surface area contributed by atoms with Gasteiger partial charge in [-0.1, -0.05) is 13.3 Å². The van der Waals surface area contributed by atoms with E-state index >= 15 is 0 Å². The second kappa shape index (κ2) is 4.57. The van der Waals surface area contributed by atoms with Crippen LogP contribution in [0, 0.1) is 6.92 Å². The maximum absolute atomic E-state index is 6.06. The Hall–Kier alpha value is -1.84. The number of nitrogens with two attached hydrogens (primary N) is 1. The summed E-state index contributed by atoms with van der Waals surface area (Å²) in [5, 5.41) is 4.51. The summed E-state index contributed by atoms with van der Waals surface area (Å²) in [6, 6.07) is 3.98. The topological polar surface area (TPSA) is 56.7 Å². The van der Waals surface area contributed by atoms with Crippen LogP contribution in [0.4, 0.5) is 5.82 Å². The van der Waals surface area contributed by atoms with Gasteiger partial charge >= 0.3 is 0 Å². The Morgan fingerprint density at radius 2 is 2.18 bits per heavy atom. The maximum Gasteiger partial charge on any atom is 0.125 e. The highest BCUT2D eigenvalue weighted by Crippen LogP contribution is 2.29. The van der Waals surface area contributed by atoms with Crippen molar-refractivity contribution < 1.29 is 0 Å². The maximum atomic E-state index is 6.06. The molecule has 90 valence electrons. The second-order valence-corrected chi connectivity index (χ2v) is 4.22. The van der Waals surface area contributed by atoms with Crippen molar-refractivity contribution in [3.63, 3.8) is 0 Å². The summed E-state index contributed by atoms with van der Waals surface area (Å²) >= 11 is 0. The van der Waals surface area contributed by atoms with Gasteiger partial charge in [0.25, 0.3) is 0 Å². The molecule has 2 aromatic heterocycles. The molecule has 0 fully saturated rings. The fraction of sp³-hybridized carbons (Fsp3) is 0.385. The van der Waals surface area contributed by atoms with E-state index in [1.807, 2.05) is 26.1 Å². The molecule has 2 rings (SSSR count). The molecule has 0 aliphatic carbocycles. The number of anilines is 1. The number of aryl methyl sites for hydroxylation is 2. The van der Waals surface area contributed by atoms with Crippen LogP contribution in [0.2, 0.25) is 0 Å². The van der Waals surface area contributed by atoms with Gasteiger partial charge < -0.3 is 5.73 Å². The van der Waals surface area contributed by atoms with Gasteiger partial charge in [0.1, 0.15) is 5.82 Å². The van der Waals surface area contributed by atoms with Crippen LogP contribution in [0.5, 0.6) is 0 Å². The van der Waals surface area contributed by atoms with E-state index in [0.29, 0.717) is 0 Å². The zero-order valence-electron chi connectivity index (χ0n) is 10.6. The van der Waals surface area contributed by atoms with Gasteiger partial charge in [0.2, 0.25) is 0 Å². The molecule has 0 radical (unpaired) electrons. The minimum absolute atomic E-state index is 0.755. The molecule has 0 saturated heterocycles. The van der Waals surface area contributed by atoms with Crippen LogP contribution in [0.15, 0.2) is 18.3 Å². The predicted molar refractivity (Wildman–Crippen MR) is 69.6 cm³/mol. The molecule has 0 aromatic carbocycles. The zero-order chi connectivity index (χ0) is 12.4. The summed E-state index contributed by atoms with van der Waals surface area (Å²) in [5.74, 6) is 0.755. The summed E-state index contributed by atoms with van der Waals surface area (Å²) in [7, 11) is 1.88. The molecule has 0 aliphatic rings. The van der Waals surface area contributed by atoms with Crippen LogP contribution < -0.4 is 5.73 Å². The summed E-state index contributed by atoms with van der Waals surface area (Å²) in [5.41, 5.74) is 10.2. The largest absolute Gasteiger partial charge is 0.384 e. The van der Waals surface area contributed by atoms with Gasteiger partial charge in [-0.3, -0.25) is 9.67 Å². The first kappa shape index (κ1) is 11.6. The molecular weight excluding hydrogens is 212 g/mol. The number of hydrogen-bond acceptors (Lipinski definition) is 3. The van der Waals surface area contributed by atoms with E-state index < -0.39 is 0 Å². The molecule has 4 heteroatoms. The smallest absolute Gasteiger partial charge is 0.125 e. The average Bonchev–Trinajstić information content (AvgIpc) is 2.58. The molecule has 0 atom stereocenters. The van der Waals surface area contributed by atoms with Crippen molar-refractivity contribution in [2.45, 2.75) is 26.7 Å². The van der Waals surface area contributed by atoms with Crippen LogP contribution in [0.25, 0.3) is 11.3 Å². The minimum Gasteiger partial charge on any atom is -0.384 e. The first-order valence-corrected chi connectivity index (χ1v) is 5.88. The Kier molecular flexibility index (Phi) is 3.13. The van der Waals surface area contributed by atoms with Crippen LogP contribution >= 0.6 is 0 Å². The lowest BCUT2D eigenvalue weighted by molar-refractivity contribution is 0.781. The van der Waals surface area contributed by atoms with Crippen molar-refractivity contribution in [1.82, 2.24) is 14.8 Å². The standard InChI is InChI=1S/C13H18N4/c1-4-6-11-12(16-17(3)13(11)14)10-7-5-8-15-9(10)2/h5,7-8H,4,6,14H2,1-3H3. The highest BCUT2D eigenvalue weighted by molar-refractivity contribution is 5.70. The number of nitrogen functional groups attached to an aromatic ring is 1. The van der Waals surface area contributed by atoms with Crippen molar-refractivity contribution in [2.24, 2.45) is 7.05 Å². The molecule has 2 heterocycles. The highest BCUT2D eigenvalue weighted by Gasteiger charge is 2.16. The van der Waals surface area contributed by atoms with Crippen molar-refractivity contribution in [3.8, 4) is 11.3 Å². The molecule has 0 unspecified atom stereocenters. The lowest BCUT2D eigenvalue weighted by atomic mass is 10.0. The Labute approximate surface area is 101 Å². The van der Waals surface area contributed by atoms with Crippen molar-refractivity contribution >= 4 is 5.82 Å². The number of aromatic nitrogens is 3. The third-order valence-electron chi connectivity index (χ3n) is 2.96. The summed E-state index contributed by atoms with van der Waals surface area (Å²) in [6.45, 7) is 4.14. The zero-order valence-corrected chi connectivity index (χ0v) is 10.6. The molecule has 4 nitrogen and oxygen atoms in total. The molecule has 0 spiro atoms. The van der Waals surface area contributed by atoms with Crippen LogP contribution in [0.1, 0.15) is 24.6 Å². The molecule has 0 bridgehead atoms. The second-order valence-electron chi connectivity index (χ2n) is 4.22. The Morgan fingerprint density at radius 1 is 1.41 bits per heavy atom. The first-order chi connectivity index (χ1) is 8.15. The first-order valence-electron chi connectivity index (χ1n) is 5.88. The van der Waals surface area contributed by atoms with Crippen LogP contribution in [-0.4, -0.2) is 14.8 Å². The third-order valence-corrected chi connectivity index (χ3v) is 2.96. The molecule has 0 saturated carbocycles. The van der Waals surface area contributed by atoms with E-state index in [1.165, 1.54) is 0 Å². The van der Waals surface area contributed by atoms with Gasteiger partial charge in [0.15, 0.2) is 0 Å². The third kappa shape index (κ3) is 2.02. The van der Waals surface area contributed by atoms with Gasteiger partial charge in [0, 0.05) is 30.1 Å². The molecule has 17 heavy (non-hydrogen) atoms. The summed E-state index contributed by atoms with van der Waals surface area (Å²) in [6.07, 6.45) is 3.80. The Morgan fingerprint density at radius 3 is 2.82 bits per heavy atom. The molecule has 0 amide bonds. The van der Waals surface area contributed by atoms with E-state index in [9.17, 15) is 0 Å². The van der Waals surface area contributed by atoms with Gasteiger partial charge in [-0.2, -0.15) is 5.10 Å². The van der Waals surface area contributed by atoms with Gasteiger partial charge in [-0.05, 0) is 25.5 Å². The van der Waals surface area contributed by atoms with Crippen LogP contribution in [-0.2, 0) is 13.5 Å². The van der Waals surface area contributed by atoms with Gasteiger partial charge in [-0.15, -0.1) is 0 Å². The molecule has 0 aliphatic heterocycles. The number of rotatable bonds is 3. The average molecular weight is 230 g/mol. The van der Waals surface area contributed by atoms with Crippen LogP contribution in [0.3, 0.4) is 0 Å². The SMILES string of the molecule is CCCc1c(-c2cccnc2C)nn(C)c1N. The molecular formula is C13H18N4. The number of nitrogens with zero attached hydrogens (tertiary/aromatic N) is 3. The summed E-state index contributed by atoms with van der Waals surface area (Å²) in [4.78, 5) is 4.31. The lowest BCUT2D eigenvalue weighted by Crippen LogP contribution is -1.99. The monoisotopic (exact) mass is 230 g/mol. The minimum atomic E-state index is 0.755. The van der Waals surface area contributed by atoms with E-state index in [-0.39, 0.29) is 0 Å². The van der Waals surface area contributed by atoms with E-state index in [0.717, 1.165) is 41.2 Å². The number of pyridine rings is 1. The lowest BCUT2D eigenvalue weighted by Gasteiger charge is -2.04. The fourth-order valence-electron chi connectivity index (χ4n) is 2.03. The Balaban J connectivity index is 2.59. The van der Waals surface area contributed by atoms with E-state index in [4.69, 9.17) is 5.73 Å². The Bertz CT molecular complexity index is 528. The fourth-order valence-corrected chi connectivity index (χ4v) is 2.03. The summed E-state index contributed by atoms with van der Waals surface area (Å²) < 4.78 is 1.74. The van der Waals surface area contributed by atoms with Crippen molar-refractivity contribution in [2.75, 3.05) is 5.73 Å². The normalized spacial score (nSPS) is 10.8. The van der Waals surface area contributed by atoms with Gasteiger partial charge in [0.05, 0.1) is 5.69 Å². The molecule has 2 aromatic rings.